The second-order valence-corrected chi connectivity index (χ2v) is 5.79. The van der Waals surface area contributed by atoms with Crippen LogP contribution in [0.25, 0.3) is 10.9 Å². The van der Waals surface area contributed by atoms with Gasteiger partial charge in [0.25, 0.3) is 0 Å². The molecule has 1 heterocycles. The van der Waals surface area contributed by atoms with Crippen molar-refractivity contribution in [2.24, 2.45) is 0 Å². The van der Waals surface area contributed by atoms with Crippen LogP contribution in [0, 0.1) is 0 Å². The first-order valence-electron chi connectivity index (χ1n) is 7.58. The van der Waals surface area contributed by atoms with Gasteiger partial charge in [-0.05, 0) is 54.2 Å². The Morgan fingerprint density at radius 1 is 1.05 bits per heavy atom. The van der Waals surface area contributed by atoms with Crippen LogP contribution < -0.4 is 4.74 Å². The summed E-state index contributed by atoms with van der Waals surface area (Å²) in [7, 11) is 1.73. The maximum absolute atomic E-state index is 5.44. The van der Waals surface area contributed by atoms with E-state index in [0.29, 0.717) is 0 Å². The van der Waals surface area contributed by atoms with E-state index in [4.69, 9.17) is 4.74 Å². The van der Waals surface area contributed by atoms with Crippen LogP contribution in [-0.4, -0.2) is 11.7 Å². The number of fused-ring (bicyclic) bond motifs is 2. The van der Waals surface area contributed by atoms with E-state index in [1.165, 1.54) is 41.3 Å². The van der Waals surface area contributed by atoms with Crippen LogP contribution in [0.3, 0.4) is 0 Å². The quantitative estimate of drug-likeness (QED) is 0.700. The van der Waals surface area contributed by atoms with Crippen LogP contribution in [-0.2, 0) is 19.4 Å². The largest absolute Gasteiger partial charge is 0.496 e. The van der Waals surface area contributed by atoms with Crippen molar-refractivity contribution in [2.75, 3.05) is 7.11 Å². The van der Waals surface area contributed by atoms with Gasteiger partial charge in [-0.3, -0.25) is 0 Å². The van der Waals surface area contributed by atoms with Gasteiger partial charge >= 0.3 is 0 Å². The van der Waals surface area contributed by atoms with Gasteiger partial charge < -0.3 is 9.30 Å². The molecule has 0 amide bonds. The second-order valence-electron chi connectivity index (χ2n) is 5.79. The van der Waals surface area contributed by atoms with Gasteiger partial charge in [0.1, 0.15) is 5.75 Å². The summed E-state index contributed by atoms with van der Waals surface area (Å²) in [6.07, 6.45) is 5.95. The van der Waals surface area contributed by atoms with Gasteiger partial charge in [-0.15, -0.1) is 0 Å². The van der Waals surface area contributed by atoms with Crippen molar-refractivity contribution in [1.82, 2.24) is 4.57 Å². The van der Waals surface area contributed by atoms with Crippen LogP contribution in [0.1, 0.15) is 23.1 Å². The van der Waals surface area contributed by atoms with Gasteiger partial charge in [0.05, 0.1) is 12.6 Å². The Morgan fingerprint density at radius 3 is 2.86 bits per heavy atom. The van der Waals surface area contributed by atoms with Gasteiger partial charge in [0.15, 0.2) is 0 Å². The minimum absolute atomic E-state index is 0.921. The predicted octanol–water partition coefficient (Wildman–Crippen LogP) is 4.19. The second kappa shape index (κ2) is 4.96. The van der Waals surface area contributed by atoms with Gasteiger partial charge in [0, 0.05) is 18.1 Å². The third-order valence-electron chi connectivity index (χ3n) is 4.51. The molecular formula is C19H19NO. The normalized spacial score (nSPS) is 13.6. The summed E-state index contributed by atoms with van der Waals surface area (Å²) in [5, 5.41) is 1.18. The fourth-order valence-corrected chi connectivity index (χ4v) is 3.43. The van der Waals surface area contributed by atoms with E-state index in [2.05, 4.69) is 47.2 Å². The molecule has 21 heavy (non-hydrogen) atoms. The lowest BCUT2D eigenvalue weighted by Gasteiger charge is -2.09. The predicted molar refractivity (Wildman–Crippen MR) is 86.1 cm³/mol. The summed E-state index contributed by atoms with van der Waals surface area (Å²) in [6, 6.07) is 15.3. The summed E-state index contributed by atoms with van der Waals surface area (Å²) in [4.78, 5) is 0. The van der Waals surface area contributed by atoms with Crippen LogP contribution in [0.5, 0.6) is 5.75 Å². The van der Waals surface area contributed by atoms with E-state index in [-0.39, 0.29) is 0 Å². The van der Waals surface area contributed by atoms with Crippen molar-refractivity contribution < 1.29 is 4.74 Å². The highest BCUT2D eigenvalue weighted by molar-refractivity contribution is 5.86. The van der Waals surface area contributed by atoms with Gasteiger partial charge in [-0.25, -0.2) is 0 Å². The van der Waals surface area contributed by atoms with Crippen molar-refractivity contribution in [3.63, 3.8) is 0 Å². The number of ether oxygens (including phenoxy) is 1. The number of hydrogen-bond donors (Lipinski definition) is 0. The van der Waals surface area contributed by atoms with Crippen LogP contribution in [0.4, 0.5) is 0 Å². The highest BCUT2D eigenvalue weighted by Crippen LogP contribution is 2.28. The van der Waals surface area contributed by atoms with Crippen molar-refractivity contribution >= 4 is 10.9 Å². The summed E-state index contributed by atoms with van der Waals surface area (Å²) in [6.45, 7) is 0.921. The molecule has 1 aromatic heterocycles. The molecule has 1 aliphatic carbocycles. The Hall–Kier alpha value is -2.22. The summed E-state index contributed by atoms with van der Waals surface area (Å²) in [5.74, 6) is 0.945. The fraction of sp³-hybridized carbons (Fsp3) is 0.263. The summed E-state index contributed by atoms with van der Waals surface area (Å²) < 4.78 is 7.74. The number of rotatable bonds is 3. The molecule has 0 spiro atoms. The van der Waals surface area contributed by atoms with Gasteiger partial charge in [-0.2, -0.15) is 0 Å². The van der Waals surface area contributed by atoms with Crippen LogP contribution in [0.15, 0.2) is 48.7 Å². The zero-order chi connectivity index (χ0) is 14.2. The van der Waals surface area contributed by atoms with Crippen molar-refractivity contribution in [2.45, 2.75) is 25.8 Å². The first kappa shape index (κ1) is 12.5. The van der Waals surface area contributed by atoms with E-state index >= 15 is 0 Å². The zero-order valence-electron chi connectivity index (χ0n) is 12.3. The molecule has 4 rings (SSSR count). The van der Waals surface area contributed by atoms with E-state index in [0.717, 1.165) is 12.3 Å². The third-order valence-corrected chi connectivity index (χ3v) is 4.51. The fourth-order valence-electron chi connectivity index (χ4n) is 3.43. The first-order chi connectivity index (χ1) is 10.3. The smallest absolute Gasteiger partial charge is 0.128 e. The Balaban J connectivity index is 1.71. The molecule has 0 unspecified atom stereocenters. The van der Waals surface area contributed by atoms with Crippen LogP contribution in [0.2, 0.25) is 0 Å². The minimum Gasteiger partial charge on any atom is -0.496 e. The average Bonchev–Trinajstić information content (AvgIpc) is 3.13. The molecule has 3 aromatic rings. The zero-order valence-corrected chi connectivity index (χ0v) is 12.3. The first-order valence-corrected chi connectivity index (χ1v) is 7.58. The molecule has 106 valence electrons. The Bertz CT molecular complexity index is 800. The Morgan fingerprint density at radius 2 is 1.95 bits per heavy atom. The summed E-state index contributed by atoms with van der Waals surface area (Å²) >= 11 is 0. The minimum atomic E-state index is 0.921. The topological polar surface area (TPSA) is 14.2 Å². The molecule has 0 saturated heterocycles. The van der Waals surface area contributed by atoms with Gasteiger partial charge in [0.2, 0.25) is 0 Å². The number of methoxy groups -OCH3 is 1. The monoisotopic (exact) mass is 277 g/mol. The maximum atomic E-state index is 5.44. The van der Waals surface area contributed by atoms with Crippen molar-refractivity contribution in [1.29, 1.82) is 0 Å². The molecular weight excluding hydrogens is 258 g/mol. The number of aryl methyl sites for hydroxylation is 2. The molecule has 2 heteroatoms. The number of nitrogens with zero attached hydrogens (tertiary/aromatic N) is 1. The van der Waals surface area contributed by atoms with Crippen molar-refractivity contribution in [3.8, 4) is 5.75 Å². The molecule has 0 fully saturated rings. The van der Waals surface area contributed by atoms with Crippen molar-refractivity contribution in [3.05, 3.63) is 65.4 Å². The van der Waals surface area contributed by atoms with E-state index in [1.807, 2.05) is 6.07 Å². The molecule has 0 N–H and O–H groups in total. The van der Waals surface area contributed by atoms with E-state index in [1.54, 1.807) is 12.7 Å². The molecule has 0 atom stereocenters. The molecule has 2 nitrogen and oxygen atoms in total. The SMILES string of the molecule is COc1cccc2c1ccn2Cc1ccc2c(c1)CCC2. The maximum Gasteiger partial charge on any atom is 0.128 e. The third kappa shape index (κ3) is 2.11. The Labute approximate surface area is 125 Å². The molecule has 2 aromatic carbocycles. The van der Waals surface area contributed by atoms with Gasteiger partial charge in [-0.1, -0.05) is 24.3 Å². The Kier molecular flexibility index (Phi) is 2.95. The average molecular weight is 277 g/mol. The van der Waals surface area contributed by atoms with Crippen LogP contribution >= 0.6 is 0 Å². The summed E-state index contributed by atoms with van der Waals surface area (Å²) in [5.41, 5.74) is 5.70. The highest BCUT2D eigenvalue weighted by atomic mass is 16.5. The van der Waals surface area contributed by atoms with E-state index < -0.39 is 0 Å². The molecule has 0 saturated carbocycles. The lowest BCUT2D eigenvalue weighted by atomic mass is 10.1. The standard InChI is InChI=1S/C19H19NO/c1-21-19-7-3-6-18-17(19)10-11-20(18)13-14-8-9-15-4-2-5-16(15)12-14/h3,6-12H,2,4-5,13H2,1H3. The number of benzene rings is 2. The lowest BCUT2D eigenvalue weighted by molar-refractivity contribution is 0.420. The highest BCUT2D eigenvalue weighted by Gasteiger charge is 2.11. The molecule has 1 aliphatic rings. The lowest BCUT2D eigenvalue weighted by Crippen LogP contribution is -1.99. The molecule has 0 radical (unpaired) electrons. The molecule has 0 bridgehead atoms. The van der Waals surface area contributed by atoms with E-state index in [9.17, 15) is 0 Å². The number of aromatic nitrogens is 1. The number of hydrogen-bond acceptors (Lipinski definition) is 1. The molecule has 0 aliphatic heterocycles.